The fourth-order valence-electron chi connectivity index (χ4n) is 3.17. The third-order valence-corrected chi connectivity index (χ3v) is 4.48. The van der Waals surface area contributed by atoms with Crippen LogP contribution in [0, 0.1) is 5.82 Å². The number of methoxy groups -OCH3 is 1. The predicted octanol–water partition coefficient (Wildman–Crippen LogP) is 4.88. The average molecular weight is 311 g/mol. The molecule has 23 heavy (non-hydrogen) atoms. The Hall–Kier alpha value is -2.29. The third kappa shape index (κ3) is 3.24. The average Bonchev–Trinajstić information content (AvgIpc) is 2.96. The summed E-state index contributed by atoms with van der Waals surface area (Å²) in [5.74, 6) is 0.753. The lowest BCUT2D eigenvalue weighted by Gasteiger charge is -2.10. The summed E-state index contributed by atoms with van der Waals surface area (Å²) in [6.45, 7) is 4.21. The lowest BCUT2D eigenvalue weighted by atomic mass is 10.0. The molecule has 0 saturated carbocycles. The number of anilines is 1. The van der Waals surface area contributed by atoms with Crippen LogP contribution < -0.4 is 10.1 Å². The number of allylic oxidation sites excluding steroid dienone is 2. The van der Waals surface area contributed by atoms with Crippen LogP contribution in [0.1, 0.15) is 30.5 Å². The standard InChI is InChI=1S/C20H22FNO/c1-4-14-8-16-9-15(10-17(16)11-20(14)23-3)13(2)22-19-7-5-6-18(21)12-19/h5-8,11-12,22H,4,9-10H2,1-3H3/b15-13-. The quantitative estimate of drug-likeness (QED) is 0.869. The summed E-state index contributed by atoms with van der Waals surface area (Å²) < 4.78 is 18.8. The van der Waals surface area contributed by atoms with Crippen molar-refractivity contribution < 1.29 is 9.13 Å². The molecule has 0 saturated heterocycles. The van der Waals surface area contributed by atoms with Crippen LogP contribution in [0.3, 0.4) is 0 Å². The van der Waals surface area contributed by atoms with Gasteiger partial charge in [-0.05, 0) is 72.7 Å². The van der Waals surface area contributed by atoms with Crippen molar-refractivity contribution in [2.24, 2.45) is 0 Å². The second kappa shape index (κ2) is 6.45. The summed E-state index contributed by atoms with van der Waals surface area (Å²) in [6.07, 6.45) is 2.83. The minimum absolute atomic E-state index is 0.222. The predicted molar refractivity (Wildman–Crippen MR) is 92.5 cm³/mol. The molecule has 0 bridgehead atoms. The zero-order valence-corrected chi connectivity index (χ0v) is 13.9. The second-order valence-electron chi connectivity index (χ2n) is 6.00. The number of nitrogens with one attached hydrogen (secondary N) is 1. The molecule has 3 rings (SSSR count). The van der Waals surface area contributed by atoms with Crippen LogP contribution in [-0.4, -0.2) is 7.11 Å². The smallest absolute Gasteiger partial charge is 0.125 e. The van der Waals surface area contributed by atoms with Crippen LogP contribution in [0.2, 0.25) is 0 Å². The fourth-order valence-corrected chi connectivity index (χ4v) is 3.17. The first kappa shape index (κ1) is 15.6. The largest absolute Gasteiger partial charge is 0.496 e. The highest BCUT2D eigenvalue weighted by Crippen LogP contribution is 2.34. The summed E-state index contributed by atoms with van der Waals surface area (Å²) >= 11 is 0. The molecule has 0 unspecified atom stereocenters. The molecule has 2 nitrogen and oxygen atoms in total. The summed E-state index contributed by atoms with van der Waals surface area (Å²) in [6, 6.07) is 11.0. The monoisotopic (exact) mass is 311 g/mol. The molecular weight excluding hydrogens is 289 g/mol. The molecule has 1 aliphatic carbocycles. The maximum atomic E-state index is 13.3. The normalized spacial score (nSPS) is 15.3. The number of fused-ring (bicyclic) bond motifs is 1. The van der Waals surface area contributed by atoms with Crippen LogP contribution in [0.5, 0.6) is 5.75 Å². The Labute approximate surface area is 137 Å². The molecule has 0 radical (unpaired) electrons. The number of rotatable bonds is 4. The highest BCUT2D eigenvalue weighted by Gasteiger charge is 2.20. The first-order valence-corrected chi connectivity index (χ1v) is 8.00. The maximum Gasteiger partial charge on any atom is 0.125 e. The van der Waals surface area contributed by atoms with E-state index in [1.54, 1.807) is 13.2 Å². The Bertz CT molecular complexity index is 729. The molecule has 120 valence electrons. The first-order valence-electron chi connectivity index (χ1n) is 8.00. The third-order valence-electron chi connectivity index (χ3n) is 4.48. The molecule has 1 aliphatic rings. The van der Waals surface area contributed by atoms with Gasteiger partial charge in [-0.1, -0.05) is 19.1 Å². The maximum absolute atomic E-state index is 13.3. The summed E-state index contributed by atoms with van der Waals surface area (Å²) in [7, 11) is 1.73. The SMILES string of the molecule is CCc1cc2c(cc1OC)C/C(=C(/C)Nc1cccc(F)c1)C2. The van der Waals surface area contributed by atoms with E-state index in [0.717, 1.165) is 36.4 Å². The summed E-state index contributed by atoms with van der Waals surface area (Å²) in [5, 5.41) is 3.33. The van der Waals surface area contributed by atoms with Gasteiger partial charge in [-0.3, -0.25) is 0 Å². The van der Waals surface area contributed by atoms with Gasteiger partial charge >= 0.3 is 0 Å². The van der Waals surface area contributed by atoms with Crippen molar-refractivity contribution in [2.45, 2.75) is 33.1 Å². The van der Waals surface area contributed by atoms with E-state index in [9.17, 15) is 4.39 Å². The van der Waals surface area contributed by atoms with Crippen molar-refractivity contribution in [3.05, 3.63) is 70.2 Å². The molecule has 0 amide bonds. The van der Waals surface area contributed by atoms with E-state index in [-0.39, 0.29) is 5.82 Å². The lowest BCUT2D eigenvalue weighted by molar-refractivity contribution is 0.409. The molecule has 1 N–H and O–H groups in total. The van der Waals surface area contributed by atoms with E-state index >= 15 is 0 Å². The van der Waals surface area contributed by atoms with Crippen molar-refractivity contribution in [3.63, 3.8) is 0 Å². The van der Waals surface area contributed by atoms with Crippen molar-refractivity contribution in [2.75, 3.05) is 12.4 Å². The Morgan fingerprint density at radius 2 is 1.91 bits per heavy atom. The minimum Gasteiger partial charge on any atom is -0.496 e. The Morgan fingerprint density at radius 1 is 1.17 bits per heavy atom. The van der Waals surface area contributed by atoms with Crippen LogP contribution in [-0.2, 0) is 19.3 Å². The lowest BCUT2D eigenvalue weighted by Crippen LogP contribution is -2.01. The molecule has 0 heterocycles. The van der Waals surface area contributed by atoms with Crippen LogP contribution in [0.15, 0.2) is 47.7 Å². The molecule has 2 aromatic rings. The highest BCUT2D eigenvalue weighted by atomic mass is 19.1. The molecule has 0 fully saturated rings. The van der Waals surface area contributed by atoms with Gasteiger partial charge in [0, 0.05) is 11.4 Å². The van der Waals surface area contributed by atoms with Crippen LogP contribution >= 0.6 is 0 Å². The molecule has 0 aliphatic heterocycles. The molecule has 0 atom stereocenters. The van der Waals surface area contributed by atoms with E-state index in [1.807, 2.05) is 6.07 Å². The molecule has 2 aromatic carbocycles. The Kier molecular flexibility index (Phi) is 4.37. The Balaban J connectivity index is 1.85. The van der Waals surface area contributed by atoms with Gasteiger partial charge in [0.2, 0.25) is 0 Å². The van der Waals surface area contributed by atoms with Crippen molar-refractivity contribution in [1.82, 2.24) is 0 Å². The van der Waals surface area contributed by atoms with Gasteiger partial charge in [0.25, 0.3) is 0 Å². The molecule has 0 spiro atoms. The fraction of sp³-hybridized carbons (Fsp3) is 0.300. The van der Waals surface area contributed by atoms with Gasteiger partial charge in [0.15, 0.2) is 0 Å². The Morgan fingerprint density at radius 3 is 2.57 bits per heavy atom. The number of hydrogen-bond donors (Lipinski definition) is 1. The van der Waals surface area contributed by atoms with E-state index in [0.29, 0.717) is 0 Å². The van der Waals surface area contributed by atoms with Crippen LogP contribution in [0.25, 0.3) is 0 Å². The number of aryl methyl sites for hydroxylation is 1. The van der Waals surface area contributed by atoms with Crippen molar-refractivity contribution in [3.8, 4) is 5.75 Å². The van der Waals surface area contributed by atoms with E-state index < -0.39 is 0 Å². The summed E-state index contributed by atoms with van der Waals surface area (Å²) in [4.78, 5) is 0. The number of benzene rings is 2. The molecule has 3 heteroatoms. The number of halogens is 1. The highest BCUT2D eigenvalue weighted by molar-refractivity contribution is 5.54. The zero-order valence-electron chi connectivity index (χ0n) is 13.9. The molecular formula is C20H22FNO. The minimum atomic E-state index is -0.222. The van der Waals surface area contributed by atoms with E-state index in [2.05, 4.69) is 31.3 Å². The van der Waals surface area contributed by atoms with Crippen molar-refractivity contribution in [1.29, 1.82) is 0 Å². The zero-order chi connectivity index (χ0) is 16.4. The van der Waals surface area contributed by atoms with E-state index in [4.69, 9.17) is 4.74 Å². The van der Waals surface area contributed by atoms with Gasteiger partial charge in [-0.15, -0.1) is 0 Å². The number of ether oxygens (including phenoxy) is 1. The van der Waals surface area contributed by atoms with Crippen molar-refractivity contribution >= 4 is 5.69 Å². The molecule has 0 aromatic heterocycles. The van der Waals surface area contributed by atoms with Gasteiger partial charge in [-0.2, -0.15) is 0 Å². The number of hydrogen-bond acceptors (Lipinski definition) is 2. The van der Waals surface area contributed by atoms with Crippen LogP contribution in [0.4, 0.5) is 10.1 Å². The van der Waals surface area contributed by atoms with Gasteiger partial charge in [0.1, 0.15) is 11.6 Å². The van der Waals surface area contributed by atoms with E-state index in [1.165, 1.54) is 34.4 Å². The van der Waals surface area contributed by atoms with Gasteiger partial charge in [-0.25, -0.2) is 4.39 Å². The van der Waals surface area contributed by atoms with Gasteiger partial charge < -0.3 is 10.1 Å². The topological polar surface area (TPSA) is 21.3 Å². The van der Waals surface area contributed by atoms with Gasteiger partial charge in [0.05, 0.1) is 7.11 Å². The first-order chi connectivity index (χ1) is 11.1. The second-order valence-corrected chi connectivity index (χ2v) is 6.00. The summed E-state index contributed by atoms with van der Waals surface area (Å²) in [5.41, 5.74) is 7.19.